The predicted molar refractivity (Wildman–Crippen MR) is 89.9 cm³/mol. The van der Waals surface area contributed by atoms with Crippen LogP contribution in [0.5, 0.6) is 5.75 Å². The number of carbonyl (C=O) groups excluding carboxylic acids is 1. The Labute approximate surface area is 138 Å². The van der Waals surface area contributed by atoms with Gasteiger partial charge in [0.15, 0.2) is 6.61 Å². The third-order valence-corrected chi connectivity index (χ3v) is 3.65. The Hall–Kier alpha value is -2.04. The molecular weight excluding hydrogens is 294 g/mol. The van der Waals surface area contributed by atoms with E-state index in [2.05, 4.69) is 13.8 Å². The first-order valence-corrected chi connectivity index (χ1v) is 7.97. The molecule has 0 aliphatic heterocycles. The van der Waals surface area contributed by atoms with Gasteiger partial charge in [0.2, 0.25) is 0 Å². The molecule has 0 heterocycles. The zero-order valence-electron chi connectivity index (χ0n) is 14.6. The molecule has 23 heavy (non-hydrogen) atoms. The number of hydrogen-bond acceptors (Lipinski definition) is 3. The van der Waals surface area contributed by atoms with Gasteiger partial charge in [-0.1, -0.05) is 26.0 Å². The minimum atomic E-state index is -0.912. The average molecular weight is 321 g/mol. The largest absolute Gasteiger partial charge is 0.483 e. The van der Waals surface area contributed by atoms with Crippen LogP contribution in [0.1, 0.15) is 51.2 Å². The SMILES string of the molecule is Cc1ccc(C(C)C)c(OCC(=O)N(CCC(=O)O)C(C)C)c1. The number of benzene rings is 1. The highest BCUT2D eigenvalue weighted by atomic mass is 16.5. The Morgan fingerprint density at radius 3 is 2.39 bits per heavy atom. The van der Waals surface area contributed by atoms with E-state index in [1.165, 1.54) is 0 Å². The van der Waals surface area contributed by atoms with Crippen molar-refractivity contribution in [3.8, 4) is 5.75 Å². The summed E-state index contributed by atoms with van der Waals surface area (Å²) in [5.74, 6) is -0.0909. The van der Waals surface area contributed by atoms with Gasteiger partial charge in [0, 0.05) is 12.6 Å². The van der Waals surface area contributed by atoms with Crippen molar-refractivity contribution in [2.24, 2.45) is 0 Å². The summed E-state index contributed by atoms with van der Waals surface area (Å²) in [6.45, 7) is 9.98. The lowest BCUT2D eigenvalue weighted by molar-refractivity contribution is -0.139. The van der Waals surface area contributed by atoms with Crippen LogP contribution < -0.4 is 4.74 Å². The molecule has 0 atom stereocenters. The molecule has 1 aromatic rings. The molecule has 1 aromatic carbocycles. The molecule has 0 aromatic heterocycles. The number of ether oxygens (including phenoxy) is 1. The normalized spacial score (nSPS) is 10.9. The smallest absolute Gasteiger partial charge is 0.305 e. The van der Waals surface area contributed by atoms with Crippen molar-refractivity contribution >= 4 is 11.9 Å². The fraction of sp³-hybridized carbons (Fsp3) is 0.556. The molecule has 5 heteroatoms. The summed E-state index contributed by atoms with van der Waals surface area (Å²) in [6, 6.07) is 5.91. The molecule has 0 aliphatic rings. The third kappa shape index (κ3) is 5.93. The van der Waals surface area contributed by atoms with Gasteiger partial charge < -0.3 is 14.7 Å². The molecule has 1 N–H and O–H groups in total. The first-order chi connectivity index (χ1) is 10.7. The van der Waals surface area contributed by atoms with Gasteiger partial charge in [0.05, 0.1) is 6.42 Å². The monoisotopic (exact) mass is 321 g/mol. The van der Waals surface area contributed by atoms with Crippen LogP contribution in [-0.4, -0.2) is 41.1 Å². The second kappa shape index (κ2) is 8.56. The number of carboxylic acid groups (broad SMARTS) is 1. The number of carboxylic acids is 1. The molecule has 128 valence electrons. The van der Waals surface area contributed by atoms with E-state index in [1.807, 2.05) is 39.0 Å². The van der Waals surface area contributed by atoms with Crippen LogP contribution in [0.15, 0.2) is 18.2 Å². The van der Waals surface area contributed by atoms with Gasteiger partial charge in [-0.15, -0.1) is 0 Å². The lowest BCUT2D eigenvalue weighted by atomic mass is 10.0. The Kier molecular flexibility index (Phi) is 7.07. The van der Waals surface area contributed by atoms with E-state index >= 15 is 0 Å². The first kappa shape index (κ1) is 19.0. The lowest BCUT2D eigenvalue weighted by Crippen LogP contribution is -2.41. The van der Waals surface area contributed by atoms with Gasteiger partial charge in [-0.3, -0.25) is 9.59 Å². The summed E-state index contributed by atoms with van der Waals surface area (Å²) in [7, 11) is 0. The Bertz CT molecular complexity index is 552. The molecule has 0 saturated heterocycles. The maximum atomic E-state index is 12.3. The van der Waals surface area contributed by atoms with Crippen LogP contribution in [0, 0.1) is 6.92 Å². The second-order valence-electron chi connectivity index (χ2n) is 6.31. The van der Waals surface area contributed by atoms with Gasteiger partial charge in [-0.2, -0.15) is 0 Å². The van der Waals surface area contributed by atoms with E-state index in [0.717, 1.165) is 16.9 Å². The van der Waals surface area contributed by atoms with Crippen molar-refractivity contribution in [1.29, 1.82) is 0 Å². The van der Waals surface area contributed by atoms with E-state index in [0.29, 0.717) is 5.92 Å². The summed E-state index contributed by atoms with van der Waals surface area (Å²) in [5.41, 5.74) is 2.13. The fourth-order valence-corrected chi connectivity index (χ4v) is 2.35. The molecule has 0 aliphatic carbocycles. The number of hydrogen-bond donors (Lipinski definition) is 1. The second-order valence-corrected chi connectivity index (χ2v) is 6.31. The topological polar surface area (TPSA) is 66.8 Å². The quantitative estimate of drug-likeness (QED) is 0.798. The van der Waals surface area contributed by atoms with Gasteiger partial charge in [0.25, 0.3) is 5.91 Å². The summed E-state index contributed by atoms with van der Waals surface area (Å²) in [5, 5.41) is 8.79. The minimum absolute atomic E-state index is 0.0625. The van der Waals surface area contributed by atoms with Crippen LogP contribution in [0.25, 0.3) is 0 Å². The van der Waals surface area contributed by atoms with Gasteiger partial charge in [-0.05, 0) is 43.9 Å². The van der Waals surface area contributed by atoms with Crippen molar-refractivity contribution in [3.05, 3.63) is 29.3 Å². The number of nitrogens with zero attached hydrogens (tertiary/aromatic N) is 1. The van der Waals surface area contributed by atoms with E-state index in [1.54, 1.807) is 4.90 Å². The molecule has 0 fully saturated rings. The number of rotatable bonds is 8. The Morgan fingerprint density at radius 2 is 1.87 bits per heavy atom. The predicted octanol–water partition coefficient (Wildman–Crippen LogP) is 3.21. The summed E-state index contributed by atoms with van der Waals surface area (Å²) in [6.07, 6.45) is -0.0639. The standard InChI is InChI=1S/C18H27NO4/c1-12(2)15-7-6-14(5)10-16(15)23-11-17(20)19(13(3)4)9-8-18(21)22/h6-7,10,12-13H,8-9,11H2,1-5H3,(H,21,22). The summed E-state index contributed by atoms with van der Waals surface area (Å²) in [4.78, 5) is 24.6. The van der Waals surface area contributed by atoms with Crippen LogP contribution in [0.3, 0.4) is 0 Å². The van der Waals surface area contributed by atoms with E-state index in [-0.39, 0.29) is 31.5 Å². The van der Waals surface area contributed by atoms with Crippen molar-refractivity contribution in [2.75, 3.05) is 13.2 Å². The van der Waals surface area contributed by atoms with Crippen LogP contribution >= 0.6 is 0 Å². The van der Waals surface area contributed by atoms with E-state index in [4.69, 9.17) is 9.84 Å². The maximum Gasteiger partial charge on any atom is 0.305 e. The Balaban J connectivity index is 2.77. The lowest BCUT2D eigenvalue weighted by Gasteiger charge is -2.26. The molecule has 0 unspecified atom stereocenters. The third-order valence-electron chi connectivity index (χ3n) is 3.65. The van der Waals surface area contributed by atoms with Crippen LogP contribution in [0.2, 0.25) is 0 Å². The van der Waals surface area contributed by atoms with Crippen molar-refractivity contribution < 1.29 is 19.4 Å². The number of carbonyl (C=O) groups is 2. The maximum absolute atomic E-state index is 12.3. The average Bonchev–Trinajstić information content (AvgIpc) is 2.44. The highest BCUT2D eigenvalue weighted by Gasteiger charge is 2.19. The van der Waals surface area contributed by atoms with Crippen molar-refractivity contribution in [3.63, 3.8) is 0 Å². The molecule has 5 nitrogen and oxygen atoms in total. The molecular formula is C18H27NO4. The molecule has 0 bridgehead atoms. The van der Waals surface area contributed by atoms with Crippen LogP contribution in [0.4, 0.5) is 0 Å². The van der Waals surface area contributed by atoms with Gasteiger partial charge >= 0.3 is 5.97 Å². The summed E-state index contributed by atoms with van der Waals surface area (Å²) < 4.78 is 5.74. The van der Waals surface area contributed by atoms with Crippen molar-refractivity contribution in [1.82, 2.24) is 4.90 Å². The van der Waals surface area contributed by atoms with E-state index in [9.17, 15) is 9.59 Å². The molecule has 0 saturated carbocycles. The van der Waals surface area contributed by atoms with Gasteiger partial charge in [-0.25, -0.2) is 0 Å². The molecule has 0 radical (unpaired) electrons. The zero-order chi connectivity index (χ0) is 17.6. The highest BCUT2D eigenvalue weighted by Crippen LogP contribution is 2.27. The zero-order valence-corrected chi connectivity index (χ0v) is 14.6. The number of aliphatic carboxylic acids is 1. The molecule has 1 amide bonds. The van der Waals surface area contributed by atoms with Crippen LogP contribution in [-0.2, 0) is 9.59 Å². The van der Waals surface area contributed by atoms with Gasteiger partial charge in [0.1, 0.15) is 5.75 Å². The minimum Gasteiger partial charge on any atom is -0.483 e. The highest BCUT2D eigenvalue weighted by molar-refractivity contribution is 5.78. The molecule has 1 rings (SSSR count). The molecule has 0 spiro atoms. The Morgan fingerprint density at radius 1 is 1.22 bits per heavy atom. The summed E-state index contributed by atoms with van der Waals surface area (Å²) >= 11 is 0. The fourth-order valence-electron chi connectivity index (χ4n) is 2.35. The van der Waals surface area contributed by atoms with E-state index < -0.39 is 5.97 Å². The number of aryl methyl sites for hydroxylation is 1. The number of amides is 1. The van der Waals surface area contributed by atoms with Crippen molar-refractivity contribution in [2.45, 2.75) is 53.0 Å². The first-order valence-electron chi connectivity index (χ1n) is 7.97.